The summed E-state index contributed by atoms with van der Waals surface area (Å²) in [5, 5.41) is 13.8. The molecular formula is C14H19NO2. The van der Waals surface area contributed by atoms with Crippen molar-refractivity contribution < 1.29 is 9.84 Å². The lowest BCUT2D eigenvalue weighted by Gasteiger charge is -2.32. The first kappa shape index (κ1) is 11.1. The SMILES string of the molecule is OC(C1CCc2ccccc2N1)C1CCCO1. The minimum absolute atomic E-state index is 0.0257. The van der Waals surface area contributed by atoms with Gasteiger partial charge in [0.15, 0.2) is 0 Å². The Morgan fingerprint density at radius 1 is 1.29 bits per heavy atom. The average Bonchev–Trinajstić information content (AvgIpc) is 2.91. The van der Waals surface area contributed by atoms with Gasteiger partial charge in [-0.25, -0.2) is 0 Å². The van der Waals surface area contributed by atoms with Crippen molar-refractivity contribution in [1.29, 1.82) is 0 Å². The van der Waals surface area contributed by atoms with Crippen molar-refractivity contribution in [2.75, 3.05) is 11.9 Å². The summed E-state index contributed by atoms with van der Waals surface area (Å²) >= 11 is 0. The van der Waals surface area contributed by atoms with Gasteiger partial charge in [-0.3, -0.25) is 0 Å². The summed E-state index contributed by atoms with van der Waals surface area (Å²) < 4.78 is 5.57. The number of nitrogens with one attached hydrogen (secondary N) is 1. The fourth-order valence-corrected chi connectivity index (χ4v) is 2.85. The topological polar surface area (TPSA) is 41.5 Å². The molecule has 92 valence electrons. The molecule has 0 aromatic heterocycles. The fourth-order valence-electron chi connectivity index (χ4n) is 2.85. The Morgan fingerprint density at radius 3 is 3.00 bits per heavy atom. The Balaban J connectivity index is 1.70. The number of aryl methyl sites for hydroxylation is 1. The van der Waals surface area contributed by atoms with Crippen LogP contribution in [0.15, 0.2) is 24.3 Å². The van der Waals surface area contributed by atoms with Crippen molar-refractivity contribution in [3.8, 4) is 0 Å². The van der Waals surface area contributed by atoms with Crippen LogP contribution < -0.4 is 5.32 Å². The molecule has 17 heavy (non-hydrogen) atoms. The largest absolute Gasteiger partial charge is 0.388 e. The van der Waals surface area contributed by atoms with Gasteiger partial charge in [-0.2, -0.15) is 0 Å². The molecule has 0 spiro atoms. The normalized spacial score (nSPS) is 29.5. The number of aliphatic hydroxyl groups excluding tert-OH is 1. The van der Waals surface area contributed by atoms with Crippen molar-refractivity contribution in [2.24, 2.45) is 0 Å². The summed E-state index contributed by atoms with van der Waals surface area (Å²) in [5.74, 6) is 0. The van der Waals surface area contributed by atoms with Gasteiger partial charge in [0.2, 0.25) is 0 Å². The molecule has 2 aliphatic heterocycles. The van der Waals surface area contributed by atoms with E-state index in [1.807, 2.05) is 6.07 Å². The van der Waals surface area contributed by atoms with E-state index in [9.17, 15) is 5.11 Å². The first-order chi connectivity index (χ1) is 8.34. The summed E-state index contributed by atoms with van der Waals surface area (Å²) in [7, 11) is 0. The number of hydrogen-bond acceptors (Lipinski definition) is 3. The van der Waals surface area contributed by atoms with E-state index >= 15 is 0 Å². The van der Waals surface area contributed by atoms with Crippen LogP contribution in [-0.2, 0) is 11.2 Å². The smallest absolute Gasteiger partial charge is 0.100 e. The van der Waals surface area contributed by atoms with Gasteiger partial charge >= 0.3 is 0 Å². The zero-order valence-corrected chi connectivity index (χ0v) is 9.93. The molecule has 3 heteroatoms. The first-order valence-electron chi connectivity index (χ1n) is 6.49. The van der Waals surface area contributed by atoms with E-state index in [2.05, 4.69) is 23.5 Å². The van der Waals surface area contributed by atoms with Crippen LogP contribution >= 0.6 is 0 Å². The first-order valence-corrected chi connectivity index (χ1v) is 6.49. The molecule has 2 aliphatic rings. The third-order valence-corrected chi connectivity index (χ3v) is 3.84. The minimum Gasteiger partial charge on any atom is -0.388 e. The molecule has 3 rings (SSSR count). The van der Waals surface area contributed by atoms with E-state index in [1.54, 1.807) is 0 Å². The van der Waals surface area contributed by atoms with E-state index in [1.165, 1.54) is 11.3 Å². The molecule has 1 aromatic carbocycles. The van der Waals surface area contributed by atoms with E-state index in [0.717, 1.165) is 32.3 Å². The van der Waals surface area contributed by atoms with Gasteiger partial charge in [-0.1, -0.05) is 18.2 Å². The lowest BCUT2D eigenvalue weighted by Crippen LogP contribution is -2.43. The predicted octanol–water partition coefficient (Wildman–Crippen LogP) is 1.95. The predicted molar refractivity (Wildman–Crippen MR) is 67.2 cm³/mol. The monoisotopic (exact) mass is 233 g/mol. The van der Waals surface area contributed by atoms with Crippen molar-refractivity contribution in [3.05, 3.63) is 29.8 Å². The highest BCUT2D eigenvalue weighted by molar-refractivity contribution is 5.54. The summed E-state index contributed by atoms with van der Waals surface area (Å²) in [5.41, 5.74) is 2.52. The van der Waals surface area contributed by atoms with E-state index in [-0.39, 0.29) is 18.2 Å². The van der Waals surface area contributed by atoms with E-state index in [4.69, 9.17) is 4.74 Å². The summed E-state index contributed by atoms with van der Waals surface area (Å²) in [6.45, 7) is 0.797. The molecule has 0 amide bonds. The van der Waals surface area contributed by atoms with Gasteiger partial charge in [0.1, 0.15) is 6.10 Å². The number of para-hydroxylation sites is 1. The molecule has 0 saturated carbocycles. The highest BCUT2D eigenvalue weighted by Crippen LogP contribution is 2.28. The maximum atomic E-state index is 10.3. The second kappa shape index (κ2) is 4.67. The molecule has 0 aliphatic carbocycles. The number of hydrogen-bond donors (Lipinski definition) is 2. The average molecular weight is 233 g/mol. The number of rotatable bonds is 2. The molecule has 1 aromatic rings. The molecule has 3 nitrogen and oxygen atoms in total. The third-order valence-electron chi connectivity index (χ3n) is 3.84. The van der Waals surface area contributed by atoms with Gasteiger partial charge in [0.25, 0.3) is 0 Å². The molecule has 3 atom stereocenters. The second-order valence-electron chi connectivity index (χ2n) is 4.99. The van der Waals surface area contributed by atoms with Crippen molar-refractivity contribution >= 4 is 5.69 Å². The van der Waals surface area contributed by atoms with Crippen molar-refractivity contribution in [2.45, 2.75) is 43.9 Å². The molecule has 0 radical (unpaired) electrons. The van der Waals surface area contributed by atoms with Gasteiger partial charge in [-0.05, 0) is 37.3 Å². The zero-order chi connectivity index (χ0) is 11.7. The Morgan fingerprint density at radius 2 is 2.18 bits per heavy atom. The number of anilines is 1. The van der Waals surface area contributed by atoms with Crippen LogP contribution in [0.3, 0.4) is 0 Å². The van der Waals surface area contributed by atoms with Crippen LogP contribution in [0.25, 0.3) is 0 Å². The Bertz CT molecular complexity index is 388. The molecular weight excluding hydrogens is 214 g/mol. The van der Waals surface area contributed by atoms with Crippen LogP contribution in [0.2, 0.25) is 0 Å². The molecule has 1 fully saturated rings. The summed E-state index contributed by atoms with van der Waals surface area (Å²) in [6.07, 6.45) is 3.73. The highest BCUT2D eigenvalue weighted by Gasteiger charge is 2.32. The maximum absolute atomic E-state index is 10.3. The number of fused-ring (bicyclic) bond motifs is 1. The highest BCUT2D eigenvalue weighted by atomic mass is 16.5. The third kappa shape index (κ3) is 2.17. The fraction of sp³-hybridized carbons (Fsp3) is 0.571. The Kier molecular flexibility index (Phi) is 3.04. The van der Waals surface area contributed by atoms with Gasteiger partial charge in [0.05, 0.1) is 12.1 Å². The summed E-state index contributed by atoms with van der Waals surface area (Å²) in [6, 6.07) is 8.47. The molecule has 2 N–H and O–H groups in total. The van der Waals surface area contributed by atoms with Gasteiger partial charge in [-0.15, -0.1) is 0 Å². The van der Waals surface area contributed by atoms with E-state index in [0.29, 0.717) is 0 Å². The molecule has 3 unspecified atom stereocenters. The number of aliphatic hydroxyl groups is 1. The number of ether oxygens (including phenoxy) is 1. The summed E-state index contributed by atoms with van der Waals surface area (Å²) in [4.78, 5) is 0. The Labute approximate surface area is 102 Å². The zero-order valence-electron chi connectivity index (χ0n) is 9.93. The Hall–Kier alpha value is -1.06. The van der Waals surface area contributed by atoms with Crippen LogP contribution in [0, 0.1) is 0 Å². The second-order valence-corrected chi connectivity index (χ2v) is 4.99. The van der Waals surface area contributed by atoms with E-state index < -0.39 is 0 Å². The molecule has 0 bridgehead atoms. The van der Waals surface area contributed by atoms with Crippen LogP contribution in [-0.4, -0.2) is 30.0 Å². The minimum atomic E-state index is -0.383. The van der Waals surface area contributed by atoms with Crippen molar-refractivity contribution in [1.82, 2.24) is 0 Å². The number of benzene rings is 1. The van der Waals surface area contributed by atoms with Gasteiger partial charge in [0, 0.05) is 12.3 Å². The quantitative estimate of drug-likeness (QED) is 0.820. The lowest BCUT2D eigenvalue weighted by molar-refractivity contribution is -0.0121. The van der Waals surface area contributed by atoms with Gasteiger partial charge < -0.3 is 15.2 Å². The molecule has 2 heterocycles. The maximum Gasteiger partial charge on any atom is 0.100 e. The van der Waals surface area contributed by atoms with Crippen molar-refractivity contribution in [3.63, 3.8) is 0 Å². The van der Waals surface area contributed by atoms with Crippen LogP contribution in [0.1, 0.15) is 24.8 Å². The van der Waals surface area contributed by atoms with Crippen LogP contribution in [0.4, 0.5) is 5.69 Å². The standard InChI is InChI=1S/C14H19NO2/c16-14(13-6-3-9-17-13)12-8-7-10-4-1-2-5-11(10)15-12/h1-2,4-5,12-16H,3,6-9H2. The van der Waals surface area contributed by atoms with Crippen LogP contribution in [0.5, 0.6) is 0 Å². The lowest BCUT2D eigenvalue weighted by atomic mass is 9.92. The molecule has 1 saturated heterocycles.